The van der Waals surface area contributed by atoms with Crippen molar-refractivity contribution in [2.45, 2.75) is 57.7 Å². The van der Waals surface area contributed by atoms with E-state index in [0.717, 1.165) is 30.0 Å². The normalized spacial score (nSPS) is 22.8. The van der Waals surface area contributed by atoms with E-state index in [4.69, 9.17) is 4.74 Å². The highest BCUT2D eigenvalue weighted by atomic mass is 16.6. The molecule has 1 aliphatic rings. The summed E-state index contributed by atoms with van der Waals surface area (Å²) in [5.41, 5.74) is 1.71. The predicted molar refractivity (Wildman–Crippen MR) is 125 cm³/mol. The van der Waals surface area contributed by atoms with Crippen LogP contribution in [0.3, 0.4) is 0 Å². The molecule has 1 N–H and O–H groups in total. The lowest BCUT2D eigenvalue weighted by molar-refractivity contribution is -0.167. The van der Waals surface area contributed by atoms with Gasteiger partial charge in [0.05, 0.1) is 0 Å². The van der Waals surface area contributed by atoms with Gasteiger partial charge in [0.2, 0.25) is 0 Å². The van der Waals surface area contributed by atoms with Gasteiger partial charge in [-0.15, -0.1) is 0 Å². The van der Waals surface area contributed by atoms with Crippen molar-refractivity contribution >= 4 is 16.7 Å². The Labute approximate surface area is 185 Å². The summed E-state index contributed by atoms with van der Waals surface area (Å²) >= 11 is 0. The van der Waals surface area contributed by atoms with Gasteiger partial charge < -0.3 is 9.84 Å². The molecule has 4 atom stereocenters. The first-order valence-electron chi connectivity index (χ1n) is 11.3. The van der Waals surface area contributed by atoms with Crippen LogP contribution in [0.4, 0.5) is 0 Å². The summed E-state index contributed by atoms with van der Waals surface area (Å²) in [5.74, 6) is 0.153. The van der Waals surface area contributed by atoms with Crippen molar-refractivity contribution in [1.82, 2.24) is 0 Å². The minimum atomic E-state index is -1.28. The van der Waals surface area contributed by atoms with Crippen LogP contribution in [0.1, 0.15) is 57.3 Å². The lowest BCUT2D eigenvalue weighted by atomic mass is 9.64. The zero-order valence-corrected chi connectivity index (χ0v) is 18.6. The molecule has 4 rings (SSSR count). The van der Waals surface area contributed by atoms with E-state index in [2.05, 4.69) is 45.0 Å². The van der Waals surface area contributed by atoms with Crippen molar-refractivity contribution in [3.8, 4) is 0 Å². The second kappa shape index (κ2) is 8.84. The van der Waals surface area contributed by atoms with Crippen LogP contribution in [0.5, 0.6) is 0 Å². The molecule has 0 aliphatic heterocycles. The second-order valence-corrected chi connectivity index (χ2v) is 9.60. The Kier molecular flexibility index (Phi) is 6.15. The average molecular weight is 417 g/mol. The molecule has 1 aliphatic carbocycles. The van der Waals surface area contributed by atoms with Crippen LogP contribution >= 0.6 is 0 Å². The summed E-state index contributed by atoms with van der Waals surface area (Å²) < 4.78 is 6.02. The molecule has 3 aromatic carbocycles. The summed E-state index contributed by atoms with van der Waals surface area (Å²) in [7, 11) is 0. The predicted octanol–water partition coefficient (Wildman–Crippen LogP) is 6.20. The molecular formula is C28H32O3. The van der Waals surface area contributed by atoms with Crippen molar-refractivity contribution in [1.29, 1.82) is 0 Å². The minimum absolute atomic E-state index is 0.125. The number of benzene rings is 3. The Balaban J connectivity index is 1.55. The molecular weight excluding hydrogens is 384 g/mol. The number of fused-ring (bicyclic) bond motifs is 1. The zero-order chi connectivity index (χ0) is 22.0. The summed E-state index contributed by atoms with van der Waals surface area (Å²) in [6.07, 6.45) is 1.48. The van der Waals surface area contributed by atoms with E-state index in [0.29, 0.717) is 11.5 Å². The van der Waals surface area contributed by atoms with E-state index in [1.54, 1.807) is 0 Å². The van der Waals surface area contributed by atoms with Crippen LogP contribution in [0.15, 0.2) is 72.8 Å². The molecule has 1 saturated carbocycles. The fourth-order valence-corrected chi connectivity index (χ4v) is 5.09. The van der Waals surface area contributed by atoms with Crippen molar-refractivity contribution in [3.05, 3.63) is 83.9 Å². The monoisotopic (exact) mass is 416 g/mol. The maximum absolute atomic E-state index is 13.0. The number of aliphatic hydroxyl groups excluding tert-OH is 1. The van der Waals surface area contributed by atoms with Crippen LogP contribution in [0, 0.1) is 11.8 Å². The fraction of sp³-hybridized carbons (Fsp3) is 0.393. The van der Waals surface area contributed by atoms with Gasteiger partial charge >= 0.3 is 5.97 Å². The molecule has 0 spiro atoms. The van der Waals surface area contributed by atoms with Gasteiger partial charge in [0, 0.05) is 5.92 Å². The van der Waals surface area contributed by atoms with Crippen LogP contribution in [0.25, 0.3) is 10.8 Å². The largest absolute Gasteiger partial charge is 0.460 e. The number of hydrogen-bond donors (Lipinski definition) is 1. The van der Waals surface area contributed by atoms with Gasteiger partial charge in [-0.2, -0.15) is 0 Å². The molecule has 0 radical (unpaired) electrons. The first kappa shape index (κ1) is 21.6. The molecule has 3 nitrogen and oxygen atoms in total. The van der Waals surface area contributed by atoms with Gasteiger partial charge in [0.1, 0.15) is 6.10 Å². The second-order valence-electron chi connectivity index (χ2n) is 9.60. The van der Waals surface area contributed by atoms with Gasteiger partial charge in [-0.3, -0.25) is 0 Å². The van der Waals surface area contributed by atoms with E-state index in [1.165, 1.54) is 5.56 Å². The van der Waals surface area contributed by atoms with E-state index in [-0.39, 0.29) is 17.4 Å². The van der Waals surface area contributed by atoms with Crippen LogP contribution < -0.4 is 0 Å². The quantitative estimate of drug-likeness (QED) is 0.504. The summed E-state index contributed by atoms with van der Waals surface area (Å²) in [6, 6.07) is 24.0. The Morgan fingerprint density at radius 2 is 1.65 bits per heavy atom. The molecule has 162 valence electrons. The van der Waals surface area contributed by atoms with Gasteiger partial charge in [0.15, 0.2) is 6.10 Å². The van der Waals surface area contributed by atoms with Crippen molar-refractivity contribution < 1.29 is 14.6 Å². The highest BCUT2D eigenvalue weighted by Gasteiger charge is 2.42. The molecule has 0 aromatic heterocycles. The van der Waals surface area contributed by atoms with Crippen LogP contribution in [0.2, 0.25) is 0 Å². The number of aliphatic hydroxyl groups is 1. The van der Waals surface area contributed by atoms with E-state index >= 15 is 0 Å². The molecule has 31 heavy (non-hydrogen) atoms. The molecule has 1 fully saturated rings. The third-order valence-electron chi connectivity index (χ3n) is 7.08. The summed E-state index contributed by atoms with van der Waals surface area (Å²) in [6.45, 7) is 6.69. The molecule has 0 heterocycles. The number of carbonyl (C=O) groups is 1. The molecule has 0 saturated heterocycles. The van der Waals surface area contributed by atoms with Crippen LogP contribution in [-0.2, 0) is 14.9 Å². The van der Waals surface area contributed by atoms with Crippen molar-refractivity contribution in [3.63, 3.8) is 0 Å². The van der Waals surface area contributed by atoms with Gasteiger partial charge in [-0.25, -0.2) is 4.79 Å². The molecule has 3 aromatic rings. The lowest BCUT2D eigenvalue weighted by Gasteiger charge is -2.44. The van der Waals surface area contributed by atoms with E-state index in [9.17, 15) is 9.90 Å². The first-order valence-corrected chi connectivity index (χ1v) is 11.3. The van der Waals surface area contributed by atoms with E-state index in [1.807, 2.05) is 48.5 Å². The summed E-state index contributed by atoms with van der Waals surface area (Å²) in [5, 5.41) is 12.9. The first-order chi connectivity index (χ1) is 14.9. The third kappa shape index (κ3) is 4.52. The van der Waals surface area contributed by atoms with Crippen molar-refractivity contribution in [2.75, 3.05) is 0 Å². The number of ether oxygens (including phenoxy) is 1. The molecule has 3 heteroatoms. The number of esters is 1. The topological polar surface area (TPSA) is 46.5 Å². The number of hydrogen-bond acceptors (Lipinski definition) is 3. The van der Waals surface area contributed by atoms with E-state index < -0.39 is 12.1 Å². The standard InChI is InChI=1S/C28H32O3/c1-19-13-16-24(28(2,3)23-11-5-4-6-12-23)25(17-19)31-27(30)26(29)22-15-14-20-9-7-8-10-21(20)18-22/h4-12,14-15,18-19,24-26,29H,13,16-17H2,1-3H3/t19-,24-,25-,26+/m1/s1. The minimum Gasteiger partial charge on any atom is -0.460 e. The maximum Gasteiger partial charge on any atom is 0.339 e. The van der Waals surface area contributed by atoms with Gasteiger partial charge in [-0.05, 0) is 52.1 Å². The molecule has 0 bridgehead atoms. The molecule has 0 unspecified atom stereocenters. The van der Waals surface area contributed by atoms with Crippen LogP contribution in [-0.4, -0.2) is 17.2 Å². The Bertz CT molecular complexity index is 1040. The maximum atomic E-state index is 13.0. The number of rotatable bonds is 5. The zero-order valence-electron chi connectivity index (χ0n) is 18.6. The summed E-state index contributed by atoms with van der Waals surface area (Å²) in [4.78, 5) is 13.0. The highest BCUT2D eigenvalue weighted by Crippen LogP contribution is 2.44. The third-order valence-corrected chi connectivity index (χ3v) is 7.08. The highest BCUT2D eigenvalue weighted by molar-refractivity contribution is 5.85. The Morgan fingerprint density at radius 3 is 2.39 bits per heavy atom. The number of carbonyl (C=O) groups excluding carboxylic acids is 1. The smallest absolute Gasteiger partial charge is 0.339 e. The van der Waals surface area contributed by atoms with Gasteiger partial charge in [-0.1, -0.05) is 93.9 Å². The van der Waals surface area contributed by atoms with Crippen molar-refractivity contribution in [2.24, 2.45) is 11.8 Å². The average Bonchev–Trinajstić information content (AvgIpc) is 2.78. The fourth-order valence-electron chi connectivity index (χ4n) is 5.09. The SMILES string of the molecule is C[C@@H]1CC[C@@H](C(C)(C)c2ccccc2)[C@H](OC(=O)[C@@H](O)c2ccc3ccccc3c2)C1. The Morgan fingerprint density at radius 1 is 0.968 bits per heavy atom. The Hall–Kier alpha value is -2.65. The lowest BCUT2D eigenvalue weighted by Crippen LogP contribution is -2.44. The van der Waals surface area contributed by atoms with Gasteiger partial charge in [0.25, 0.3) is 0 Å². The molecule has 0 amide bonds.